The summed E-state index contributed by atoms with van der Waals surface area (Å²) in [6, 6.07) is 5.54. The van der Waals surface area contributed by atoms with E-state index in [-0.39, 0.29) is 5.56 Å². The van der Waals surface area contributed by atoms with Gasteiger partial charge in [0.05, 0.1) is 5.69 Å². The fourth-order valence-corrected chi connectivity index (χ4v) is 3.62. The average molecular weight is 363 g/mol. The summed E-state index contributed by atoms with van der Waals surface area (Å²) in [4.78, 5) is 12.7. The van der Waals surface area contributed by atoms with Gasteiger partial charge in [0, 0.05) is 23.2 Å². The van der Waals surface area contributed by atoms with Crippen LogP contribution in [0.25, 0.3) is 11.3 Å². The van der Waals surface area contributed by atoms with E-state index in [0.29, 0.717) is 16.6 Å². The molecule has 0 N–H and O–H groups in total. The average Bonchev–Trinajstić information content (AvgIpc) is 2.94. The molecule has 2 aromatic heterocycles. The second-order valence-corrected chi connectivity index (χ2v) is 7.58. The van der Waals surface area contributed by atoms with Crippen LogP contribution in [0.4, 0.5) is 0 Å². The highest BCUT2D eigenvalue weighted by Gasteiger charge is 2.12. The van der Waals surface area contributed by atoms with Gasteiger partial charge in [-0.05, 0) is 37.0 Å². The van der Waals surface area contributed by atoms with Gasteiger partial charge in [-0.2, -0.15) is 0 Å². The van der Waals surface area contributed by atoms with Gasteiger partial charge in [-0.1, -0.05) is 43.3 Å². The van der Waals surface area contributed by atoms with E-state index in [0.717, 1.165) is 28.6 Å². The van der Waals surface area contributed by atoms with Gasteiger partial charge in [0.1, 0.15) is 0 Å². The summed E-state index contributed by atoms with van der Waals surface area (Å²) in [5.74, 6) is 1.59. The van der Waals surface area contributed by atoms with E-state index in [1.807, 2.05) is 25.3 Å². The highest BCUT2D eigenvalue weighted by molar-refractivity contribution is 7.99. The third-order valence-corrected chi connectivity index (χ3v) is 5.18. The Morgan fingerprint density at radius 3 is 2.75 bits per heavy atom. The van der Waals surface area contributed by atoms with Crippen molar-refractivity contribution in [3.63, 3.8) is 0 Å². The quantitative estimate of drug-likeness (QED) is 0.644. The molecule has 0 radical (unpaired) electrons. The Kier molecular flexibility index (Phi) is 4.96. The summed E-state index contributed by atoms with van der Waals surface area (Å²) in [6.45, 7) is 6.30. The fourth-order valence-electron chi connectivity index (χ4n) is 2.29. The first kappa shape index (κ1) is 17.0. The van der Waals surface area contributed by atoms with Crippen LogP contribution in [0.1, 0.15) is 25.8 Å². The van der Waals surface area contributed by atoms with Crippen molar-refractivity contribution in [1.82, 2.24) is 19.2 Å². The molecular formula is C17H19ClN4OS. The van der Waals surface area contributed by atoms with Crippen molar-refractivity contribution in [2.75, 3.05) is 5.75 Å². The molecule has 3 aromatic rings. The lowest BCUT2D eigenvalue weighted by molar-refractivity contribution is 0.631. The smallest absolute Gasteiger partial charge is 0.280 e. The molecule has 0 amide bonds. The van der Waals surface area contributed by atoms with Crippen LogP contribution in [-0.4, -0.2) is 24.9 Å². The molecule has 0 aliphatic carbocycles. The Labute approximate surface area is 149 Å². The lowest BCUT2D eigenvalue weighted by Gasteiger charge is -2.08. The standard InChI is InChI=1S/C17H19ClN4OS/c1-11(2)6-9-24-17-20-19-15-16(23)21(7-8-22(15)17)13-5-4-12(3)14(18)10-13/h4-5,7-8,10-11H,6,9H2,1-3H3. The molecular weight excluding hydrogens is 344 g/mol. The van der Waals surface area contributed by atoms with Gasteiger partial charge >= 0.3 is 5.56 Å². The van der Waals surface area contributed by atoms with Crippen LogP contribution in [0, 0.1) is 12.8 Å². The van der Waals surface area contributed by atoms with Crippen molar-refractivity contribution in [3.8, 4) is 5.69 Å². The summed E-state index contributed by atoms with van der Waals surface area (Å²) in [5.41, 5.74) is 1.80. The molecule has 0 aliphatic rings. The molecule has 0 spiro atoms. The molecule has 0 bridgehead atoms. The Hall–Kier alpha value is -1.79. The maximum Gasteiger partial charge on any atom is 0.300 e. The molecule has 2 heterocycles. The molecule has 5 nitrogen and oxygen atoms in total. The second kappa shape index (κ2) is 6.99. The van der Waals surface area contributed by atoms with E-state index in [4.69, 9.17) is 11.6 Å². The topological polar surface area (TPSA) is 52.2 Å². The third-order valence-electron chi connectivity index (χ3n) is 3.80. The van der Waals surface area contributed by atoms with E-state index in [1.165, 1.54) is 4.57 Å². The summed E-state index contributed by atoms with van der Waals surface area (Å²) in [7, 11) is 0. The largest absolute Gasteiger partial charge is 0.300 e. The Morgan fingerprint density at radius 1 is 1.25 bits per heavy atom. The maximum atomic E-state index is 12.7. The number of nitrogens with zero attached hydrogens (tertiary/aromatic N) is 4. The van der Waals surface area contributed by atoms with Crippen LogP contribution in [-0.2, 0) is 0 Å². The lowest BCUT2D eigenvalue weighted by atomic mass is 10.2. The minimum Gasteiger partial charge on any atom is -0.280 e. The number of fused-ring (bicyclic) bond motifs is 1. The fraction of sp³-hybridized carbons (Fsp3) is 0.353. The molecule has 7 heteroatoms. The van der Waals surface area contributed by atoms with Gasteiger partial charge in [-0.15, -0.1) is 10.2 Å². The lowest BCUT2D eigenvalue weighted by Crippen LogP contribution is -2.20. The molecule has 126 valence electrons. The monoisotopic (exact) mass is 362 g/mol. The minimum absolute atomic E-state index is 0.208. The van der Waals surface area contributed by atoms with E-state index in [9.17, 15) is 4.79 Å². The number of aryl methyl sites for hydroxylation is 1. The first-order valence-electron chi connectivity index (χ1n) is 7.83. The van der Waals surface area contributed by atoms with Gasteiger partial charge < -0.3 is 0 Å². The molecule has 0 saturated carbocycles. The molecule has 24 heavy (non-hydrogen) atoms. The summed E-state index contributed by atoms with van der Waals surface area (Å²) in [6.07, 6.45) is 4.65. The van der Waals surface area contributed by atoms with Crippen molar-refractivity contribution in [2.24, 2.45) is 5.92 Å². The Balaban J connectivity index is 1.97. The zero-order valence-electron chi connectivity index (χ0n) is 13.9. The van der Waals surface area contributed by atoms with Crippen LogP contribution in [0.15, 0.2) is 40.5 Å². The number of hydrogen-bond acceptors (Lipinski definition) is 4. The van der Waals surface area contributed by atoms with Gasteiger partial charge in [0.25, 0.3) is 0 Å². The van der Waals surface area contributed by atoms with Gasteiger partial charge in [-0.3, -0.25) is 13.8 Å². The number of benzene rings is 1. The molecule has 0 unspecified atom stereocenters. The van der Waals surface area contributed by atoms with Crippen LogP contribution < -0.4 is 5.56 Å². The number of rotatable bonds is 5. The van der Waals surface area contributed by atoms with Crippen molar-refractivity contribution in [2.45, 2.75) is 32.3 Å². The van der Waals surface area contributed by atoms with Gasteiger partial charge in [0.2, 0.25) is 5.65 Å². The van der Waals surface area contributed by atoms with Gasteiger partial charge in [0.15, 0.2) is 5.16 Å². The van der Waals surface area contributed by atoms with Crippen LogP contribution in [0.2, 0.25) is 5.02 Å². The van der Waals surface area contributed by atoms with E-state index in [2.05, 4.69) is 24.0 Å². The highest BCUT2D eigenvalue weighted by Crippen LogP contribution is 2.20. The van der Waals surface area contributed by atoms with Crippen molar-refractivity contribution >= 4 is 29.0 Å². The Bertz CT molecular complexity index is 932. The predicted molar refractivity (Wildman–Crippen MR) is 98.5 cm³/mol. The number of halogens is 1. The predicted octanol–water partition coefficient (Wildman–Crippen LogP) is 3.98. The third kappa shape index (κ3) is 3.35. The first-order chi connectivity index (χ1) is 11.5. The minimum atomic E-state index is -0.208. The molecule has 3 rings (SSSR count). The first-order valence-corrected chi connectivity index (χ1v) is 9.19. The molecule has 0 aliphatic heterocycles. The van der Waals surface area contributed by atoms with Crippen LogP contribution in [0.5, 0.6) is 0 Å². The highest BCUT2D eigenvalue weighted by atomic mass is 35.5. The van der Waals surface area contributed by atoms with Crippen LogP contribution in [0.3, 0.4) is 0 Å². The normalized spacial score (nSPS) is 11.5. The number of thioether (sulfide) groups is 1. The summed E-state index contributed by atoms with van der Waals surface area (Å²) >= 11 is 7.79. The van der Waals surface area contributed by atoms with E-state index < -0.39 is 0 Å². The SMILES string of the molecule is Cc1ccc(-n2ccn3c(SCCC(C)C)nnc3c2=O)cc1Cl. The zero-order chi connectivity index (χ0) is 17.3. The molecule has 0 saturated heterocycles. The van der Waals surface area contributed by atoms with E-state index >= 15 is 0 Å². The van der Waals surface area contributed by atoms with Crippen LogP contribution >= 0.6 is 23.4 Å². The van der Waals surface area contributed by atoms with E-state index in [1.54, 1.807) is 28.4 Å². The van der Waals surface area contributed by atoms with Crippen molar-refractivity contribution in [3.05, 3.63) is 51.5 Å². The maximum absolute atomic E-state index is 12.7. The van der Waals surface area contributed by atoms with Crippen molar-refractivity contribution < 1.29 is 0 Å². The second-order valence-electron chi connectivity index (χ2n) is 6.11. The molecule has 1 aromatic carbocycles. The summed E-state index contributed by atoms with van der Waals surface area (Å²) in [5, 5.41) is 9.60. The summed E-state index contributed by atoms with van der Waals surface area (Å²) < 4.78 is 3.29. The van der Waals surface area contributed by atoms with Gasteiger partial charge in [-0.25, -0.2) is 0 Å². The Morgan fingerprint density at radius 2 is 2.04 bits per heavy atom. The van der Waals surface area contributed by atoms with Crippen molar-refractivity contribution in [1.29, 1.82) is 0 Å². The molecule has 0 fully saturated rings. The zero-order valence-corrected chi connectivity index (χ0v) is 15.4. The molecule has 0 atom stereocenters. The number of aromatic nitrogens is 4. The number of hydrogen-bond donors (Lipinski definition) is 0.